The highest BCUT2D eigenvalue weighted by molar-refractivity contribution is 9.11. The van der Waals surface area contributed by atoms with Crippen LogP contribution in [0.3, 0.4) is 0 Å². The molecule has 30 heavy (non-hydrogen) atoms. The molecule has 0 radical (unpaired) electrons. The topological polar surface area (TPSA) is 56.1 Å². The third-order valence-electron chi connectivity index (χ3n) is 5.51. The van der Waals surface area contributed by atoms with Crippen molar-refractivity contribution in [2.75, 3.05) is 19.7 Å². The van der Waals surface area contributed by atoms with Crippen molar-refractivity contribution >= 4 is 59.4 Å². The van der Waals surface area contributed by atoms with Gasteiger partial charge < -0.3 is 14.6 Å². The average Bonchev–Trinajstić information content (AvgIpc) is 2.89. The molecule has 0 amide bonds. The maximum atomic E-state index is 13.4. The van der Waals surface area contributed by atoms with E-state index in [0.717, 1.165) is 68.1 Å². The van der Waals surface area contributed by atoms with Crippen LogP contribution in [0, 0.1) is 0 Å². The third-order valence-corrected chi connectivity index (χ3v) is 6.75. The van der Waals surface area contributed by atoms with Gasteiger partial charge in [-0.3, -0.25) is 9.78 Å². The van der Waals surface area contributed by atoms with Crippen molar-refractivity contribution in [3.8, 4) is 5.75 Å². The second kappa shape index (κ2) is 8.13. The lowest BCUT2D eigenvalue weighted by atomic mass is 10.1. The van der Waals surface area contributed by atoms with E-state index in [1.807, 2.05) is 36.4 Å². The van der Waals surface area contributed by atoms with Crippen molar-refractivity contribution in [3.05, 3.63) is 68.9 Å². The smallest absolute Gasteiger partial charge is 0.202 e. The first kappa shape index (κ1) is 19.7. The predicted octanol–water partition coefficient (Wildman–Crippen LogP) is 5.12. The number of hydrogen-bond acceptors (Lipinski definition) is 4. The second-order valence-electron chi connectivity index (χ2n) is 7.27. The Morgan fingerprint density at radius 1 is 1.10 bits per heavy atom. The number of carbonyl (C=O) groups is 1. The van der Waals surface area contributed by atoms with Crippen LogP contribution >= 0.6 is 31.9 Å². The van der Waals surface area contributed by atoms with Gasteiger partial charge in [0.15, 0.2) is 12.4 Å². The first-order valence-corrected chi connectivity index (χ1v) is 11.4. The summed E-state index contributed by atoms with van der Waals surface area (Å²) in [4.78, 5) is 17.9. The highest BCUT2D eigenvalue weighted by Gasteiger charge is 2.24. The van der Waals surface area contributed by atoms with Crippen LogP contribution in [0.4, 0.5) is 0 Å². The van der Waals surface area contributed by atoms with Crippen LogP contribution < -0.4 is 10.1 Å². The molecule has 2 aromatic heterocycles. The molecule has 5 rings (SSSR count). The molecule has 3 heterocycles. The molecule has 7 heteroatoms. The maximum Gasteiger partial charge on any atom is 0.202 e. The minimum absolute atomic E-state index is 0.0132. The number of Topliss-reactive ketones (excluding diaryl/α,β-unsaturated/α-hetero) is 1. The molecule has 1 aliphatic heterocycles. The zero-order chi connectivity index (χ0) is 20.7. The molecule has 1 N–H and O–H groups in total. The Hall–Kier alpha value is -2.22. The standard InChI is InChI=1S/C23H19Br2N3O2/c24-16-12-17(25)23(22-14(16)5-3-8-27-22)30-13-20(29)21-15-4-1-2-6-18(15)28-11-10-26-9-7-19(21)28/h1-6,8,12,26H,7,9-11,13H2. The van der Waals surface area contributed by atoms with Gasteiger partial charge in [-0.1, -0.05) is 40.2 Å². The molecule has 0 aliphatic carbocycles. The number of nitrogens with one attached hydrogen (secondary N) is 1. The fourth-order valence-electron chi connectivity index (χ4n) is 4.20. The monoisotopic (exact) mass is 527 g/mol. The normalized spacial score (nSPS) is 13.9. The largest absolute Gasteiger partial charge is 0.482 e. The highest BCUT2D eigenvalue weighted by Crippen LogP contribution is 2.37. The zero-order valence-electron chi connectivity index (χ0n) is 16.1. The summed E-state index contributed by atoms with van der Waals surface area (Å²) in [6.45, 7) is 2.58. The lowest BCUT2D eigenvalue weighted by Crippen LogP contribution is -2.18. The minimum atomic E-state index is -0.0413. The second-order valence-corrected chi connectivity index (χ2v) is 8.98. The Morgan fingerprint density at radius 3 is 2.83 bits per heavy atom. The third kappa shape index (κ3) is 3.35. The fraction of sp³-hybridized carbons (Fsp3) is 0.217. The number of benzene rings is 2. The van der Waals surface area contributed by atoms with E-state index in [4.69, 9.17) is 4.74 Å². The predicted molar refractivity (Wildman–Crippen MR) is 125 cm³/mol. The first-order chi connectivity index (χ1) is 14.6. The zero-order valence-corrected chi connectivity index (χ0v) is 19.3. The van der Waals surface area contributed by atoms with Crippen LogP contribution in [0.25, 0.3) is 21.8 Å². The van der Waals surface area contributed by atoms with Crippen molar-refractivity contribution in [3.63, 3.8) is 0 Å². The summed E-state index contributed by atoms with van der Waals surface area (Å²) in [5.74, 6) is 0.569. The Labute approximate surface area is 190 Å². The molecule has 0 unspecified atom stereocenters. The van der Waals surface area contributed by atoms with Crippen LogP contribution in [-0.4, -0.2) is 35.0 Å². The maximum absolute atomic E-state index is 13.4. The molecule has 0 saturated carbocycles. The van der Waals surface area contributed by atoms with E-state index < -0.39 is 0 Å². The molecule has 4 aromatic rings. The van der Waals surface area contributed by atoms with Crippen molar-refractivity contribution in [2.45, 2.75) is 13.0 Å². The number of ketones is 1. The van der Waals surface area contributed by atoms with E-state index in [-0.39, 0.29) is 12.4 Å². The lowest BCUT2D eigenvalue weighted by molar-refractivity contribution is 0.0922. The number of pyridine rings is 1. The van der Waals surface area contributed by atoms with Crippen molar-refractivity contribution in [1.82, 2.24) is 14.9 Å². The Kier molecular flexibility index (Phi) is 5.35. The average molecular weight is 529 g/mol. The quantitative estimate of drug-likeness (QED) is 0.373. The van der Waals surface area contributed by atoms with Gasteiger partial charge in [0.05, 0.1) is 10.0 Å². The van der Waals surface area contributed by atoms with Crippen molar-refractivity contribution < 1.29 is 9.53 Å². The van der Waals surface area contributed by atoms with Gasteiger partial charge in [0, 0.05) is 58.7 Å². The van der Waals surface area contributed by atoms with Crippen LogP contribution in [0.5, 0.6) is 5.75 Å². The summed E-state index contributed by atoms with van der Waals surface area (Å²) in [6, 6.07) is 13.9. The Morgan fingerprint density at radius 2 is 1.93 bits per heavy atom. The van der Waals surface area contributed by atoms with E-state index in [2.05, 4.69) is 52.8 Å². The van der Waals surface area contributed by atoms with Crippen molar-refractivity contribution in [2.24, 2.45) is 0 Å². The van der Waals surface area contributed by atoms with Gasteiger partial charge in [0.2, 0.25) is 5.78 Å². The highest BCUT2D eigenvalue weighted by atomic mass is 79.9. The number of nitrogens with zero attached hydrogens (tertiary/aromatic N) is 2. The minimum Gasteiger partial charge on any atom is -0.482 e. The van der Waals surface area contributed by atoms with Crippen LogP contribution in [-0.2, 0) is 13.0 Å². The number of carbonyl (C=O) groups excluding carboxylic acids is 1. The summed E-state index contributed by atoms with van der Waals surface area (Å²) >= 11 is 7.13. The van der Waals surface area contributed by atoms with E-state index in [1.54, 1.807) is 6.20 Å². The number of hydrogen-bond donors (Lipinski definition) is 1. The summed E-state index contributed by atoms with van der Waals surface area (Å²) in [6.07, 6.45) is 2.55. The summed E-state index contributed by atoms with van der Waals surface area (Å²) in [7, 11) is 0. The van der Waals surface area contributed by atoms with Gasteiger partial charge in [-0.15, -0.1) is 0 Å². The van der Waals surface area contributed by atoms with Crippen LogP contribution in [0.1, 0.15) is 16.1 Å². The lowest BCUT2D eigenvalue weighted by Gasteiger charge is -2.12. The van der Waals surface area contributed by atoms with E-state index >= 15 is 0 Å². The Balaban J connectivity index is 1.53. The molecular formula is C23H19Br2N3O2. The molecule has 2 aromatic carbocycles. The molecule has 0 spiro atoms. The van der Waals surface area contributed by atoms with Gasteiger partial charge in [-0.05, 0) is 34.1 Å². The van der Waals surface area contributed by atoms with Crippen LogP contribution in [0.15, 0.2) is 57.6 Å². The number of halogens is 2. The van der Waals surface area contributed by atoms with Crippen molar-refractivity contribution in [1.29, 1.82) is 0 Å². The summed E-state index contributed by atoms with van der Waals surface area (Å²) in [5, 5.41) is 5.36. The van der Waals surface area contributed by atoms with E-state index in [1.165, 1.54) is 0 Å². The molecule has 0 saturated heterocycles. The van der Waals surface area contributed by atoms with E-state index in [0.29, 0.717) is 5.75 Å². The van der Waals surface area contributed by atoms with Crippen LogP contribution in [0.2, 0.25) is 0 Å². The molecule has 152 valence electrons. The summed E-state index contributed by atoms with van der Waals surface area (Å²) < 4.78 is 10.0. The van der Waals surface area contributed by atoms with Gasteiger partial charge in [-0.25, -0.2) is 0 Å². The number of aromatic nitrogens is 2. The Bertz CT molecular complexity index is 1280. The molecule has 1 aliphatic rings. The number of rotatable bonds is 4. The number of para-hydroxylation sites is 1. The number of ether oxygens (including phenoxy) is 1. The van der Waals surface area contributed by atoms with E-state index in [9.17, 15) is 4.79 Å². The van der Waals surface area contributed by atoms with Gasteiger partial charge in [0.1, 0.15) is 5.52 Å². The summed E-state index contributed by atoms with van der Waals surface area (Å²) in [5.41, 5.74) is 3.69. The number of fused-ring (bicyclic) bond motifs is 4. The molecule has 0 fully saturated rings. The SMILES string of the molecule is O=C(COc1c(Br)cc(Br)c2cccnc12)c1c2n(c3ccccc13)CCNCC2. The van der Waals surface area contributed by atoms with Gasteiger partial charge >= 0.3 is 0 Å². The first-order valence-electron chi connectivity index (χ1n) is 9.84. The van der Waals surface area contributed by atoms with Gasteiger partial charge in [-0.2, -0.15) is 0 Å². The molecule has 0 bridgehead atoms. The molecule has 5 nitrogen and oxygen atoms in total. The van der Waals surface area contributed by atoms with Gasteiger partial charge in [0.25, 0.3) is 0 Å². The molecule has 0 atom stereocenters. The fourth-order valence-corrected chi connectivity index (χ4v) is 5.59. The molecular weight excluding hydrogens is 510 g/mol.